The molecule has 33 heavy (non-hydrogen) atoms. The van der Waals surface area contributed by atoms with Gasteiger partial charge in [0.25, 0.3) is 0 Å². The van der Waals surface area contributed by atoms with Crippen molar-refractivity contribution in [2.75, 3.05) is 18.4 Å². The highest BCUT2D eigenvalue weighted by Crippen LogP contribution is 2.46. The molecule has 2 aliphatic rings. The highest BCUT2D eigenvalue weighted by atomic mass is 32.1. The van der Waals surface area contributed by atoms with Gasteiger partial charge in [-0.1, -0.05) is 24.3 Å². The van der Waals surface area contributed by atoms with Crippen LogP contribution in [-0.4, -0.2) is 40.2 Å². The molecule has 9 heteroatoms. The summed E-state index contributed by atoms with van der Waals surface area (Å²) in [5, 5.41) is 13.1. The number of hydrogen-bond donors (Lipinski definition) is 1. The number of aromatic nitrogens is 2. The molecule has 2 atom stereocenters. The number of anilines is 1. The Morgan fingerprint density at radius 3 is 2.58 bits per heavy atom. The van der Waals surface area contributed by atoms with Gasteiger partial charge in [-0.15, -0.1) is 11.3 Å². The average Bonchev–Trinajstić information content (AvgIpc) is 3.46. The molecule has 2 fully saturated rings. The van der Waals surface area contributed by atoms with Crippen molar-refractivity contribution in [3.05, 3.63) is 52.7 Å². The molecule has 0 bridgehead atoms. The van der Waals surface area contributed by atoms with E-state index in [-0.39, 0.29) is 16.8 Å². The van der Waals surface area contributed by atoms with E-state index in [2.05, 4.69) is 50.5 Å². The minimum Gasteiger partial charge on any atom is -0.367 e. The molecule has 5 rings (SSSR count). The zero-order chi connectivity index (χ0) is 23.0. The summed E-state index contributed by atoms with van der Waals surface area (Å²) in [5.41, 5.74) is 2.53. The fraction of sp³-hybridized carbons (Fsp3) is 0.458. The lowest BCUT2D eigenvalue weighted by Crippen LogP contribution is -2.38. The maximum atomic E-state index is 12.8. The van der Waals surface area contributed by atoms with Gasteiger partial charge < -0.3 is 5.32 Å². The Bertz CT molecular complexity index is 1160. The fourth-order valence-corrected chi connectivity index (χ4v) is 5.59. The normalized spacial score (nSPS) is 21.8. The second-order valence-corrected chi connectivity index (χ2v) is 10.1. The third kappa shape index (κ3) is 5.28. The van der Waals surface area contributed by atoms with Crippen LogP contribution in [0.3, 0.4) is 0 Å². The average molecular weight is 472 g/mol. The first-order valence-corrected chi connectivity index (χ1v) is 12.0. The molecule has 0 radical (unpaired) electrons. The Morgan fingerprint density at radius 1 is 1.15 bits per heavy atom. The van der Waals surface area contributed by atoms with E-state index in [4.69, 9.17) is 5.26 Å². The van der Waals surface area contributed by atoms with E-state index in [0.29, 0.717) is 22.0 Å². The minimum absolute atomic E-state index is 0.184. The molecule has 1 aromatic carbocycles. The number of nitrogens with zero attached hydrogens (tertiary/aromatic N) is 4. The molecule has 0 unspecified atom stereocenters. The van der Waals surface area contributed by atoms with Crippen molar-refractivity contribution in [2.24, 2.45) is 5.92 Å². The second kappa shape index (κ2) is 8.92. The van der Waals surface area contributed by atoms with E-state index in [9.17, 15) is 13.2 Å². The van der Waals surface area contributed by atoms with E-state index >= 15 is 0 Å². The van der Waals surface area contributed by atoms with Crippen molar-refractivity contribution >= 4 is 27.4 Å². The number of nitrogens with one attached hydrogen (secondary N) is 1. The van der Waals surface area contributed by atoms with E-state index in [1.165, 1.54) is 17.5 Å². The number of likely N-dealkylation sites (tertiary alicyclic amines) is 1. The molecule has 1 saturated heterocycles. The third-order valence-electron chi connectivity index (χ3n) is 6.45. The number of fused-ring (bicyclic) bond motifs is 1. The van der Waals surface area contributed by atoms with E-state index in [1.54, 1.807) is 6.07 Å². The number of halogens is 3. The molecule has 1 aliphatic carbocycles. The zero-order valence-corrected chi connectivity index (χ0v) is 18.8. The summed E-state index contributed by atoms with van der Waals surface area (Å²) in [6.45, 7) is 2.77. The first-order valence-electron chi connectivity index (χ1n) is 11.2. The summed E-state index contributed by atoms with van der Waals surface area (Å²) in [4.78, 5) is 11.7. The Balaban J connectivity index is 1.16. The number of piperidine rings is 1. The van der Waals surface area contributed by atoms with Crippen LogP contribution in [0.25, 0.3) is 10.2 Å². The predicted octanol–water partition coefficient (Wildman–Crippen LogP) is 5.50. The van der Waals surface area contributed by atoms with Crippen LogP contribution in [0.15, 0.2) is 36.7 Å². The van der Waals surface area contributed by atoms with Crippen LogP contribution in [0, 0.1) is 17.2 Å². The molecule has 1 saturated carbocycles. The SMILES string of the molecule is N#C[C@H]1C[C@@H]1c1ccc(CN2CCC(Nc3ncnc4sc(CC(F)(F)F)cc34)CC2)cc1. The van der Waals surface area contributed by atoms with Gasteiger partial charge in [-0.25, -0.2) is 9.97 Å². The maximum absolute atomic E-state index is 12.8. The lowest BCUT2D eigenvalue weighted by atomic mass is 10.0. The molecule has 3 aromatic rings. The van der Waals surface area contributed by atoms with Crippen LogP contribution in [-0.2, 0) is 13.0 Å². The van der Waals surface area contributed by atoms with Crippen molar-refractivity contribution in [3.63, 3.8) is 0 Å². The Kier molecular flexibility index (Phi) is 5.97. The summed E-state index contributed by atoms with van der Waals surface area (Å²) in [6.07, 6.45) is -0.899. The lowest BCUT2D eigenvalue weighted by Gasteiger charge is -2.32. The van der Waals surface area contributed by atoms with Crippen LogP contribution in [0.2, 0.25) is 0 Å². The van der Waals surface area contributed by atoms with Crippen molar-refractivity contribution in [1.82, 2.24) is 14.9 Å². The maximum Gasteiger partial charge on any atom is 0.393 e. The second-order valence-electron chi connectivity index (χ2n) is 8.96. The van der Waals surface area contributed by atoms with Crippen molar-refractivity contribution in [3.8, 4) is 6.07 Å². The highest BCUT2D eigenvalue weighted by Gasteiger charge is 2.38. The lowest BCUT2D eigenvalue weighted by molar-refractivity contribution is -0.126. The molecule has 172 valence electrons. The van der Waals surface area contributed by atoms with Crippen molar-refractivity contribution in [1.29, 1.82) is 5.26 Å². The Hall–Kier alpha value is -2.70. The molecule has 0 amide bonds. The highest BCUT2D eigenvalue weighted by molar-refractivity contribution is 7.18. The predicted molar refractivity (Wildman–Crippen MR) is 122 cm³/mol. The number of rotatable bonds is 6. The standard InChI is InChI=1S/C24H24F3N5S/c25-24(26,27)11-19-10-21-22(29-14-30-23(21)33-19)31-18-5-7-32(8-6-18)13-15-1-3-16(4-2-15)20-9-17(20)12-28/h1-4,10,14,17-18,20H,5-9,11,13H2,(H,29,30,31)/t17-,20-/m1/s1. The quantitative estimate of drug-likeness (QED) is 0.514. The first-order chi connectivity index (χ1) is 15.9. The number of alkyl halides is 3. The van der Waals surface area contributed by atoms with Gasteiger partial charge in [-0.3, -0.25) is 4.90 Å². The van der Waals surface area contributed by atoms with Gasteiger partial charge in [0.2, 0.25) is 0 Å². The van der Waals surface area contributed by atoms with Crippen LogP contribution in [0.4, 0.5) is 19.0 Å². The van der Waals surface area contributed by atoms with Gasteiger partial charge in [-0.05, 0) is 36.5 Å². The van der Waals surface area contributed by atoms with Crippen LogP contribution >= 0.6 is 11.3 Å². The summed E-state index contributed by atoms with van der Waals surface area (Å²) >= 11 is 1.07. The van der Waals surface area contributed by atoms with E-state index < -0.39 is 12.6 Å². The topological polar surface area (TPSA) is 64.8 Å². The largest absolute Gasteiger partial charge is 0.393 e. The number of thiophene rings is 1. The van der Waals surface area contributed by atoms with Gasteiger partial charge in [0, 0.05) is 36.5 Å². The van der Waals surface area contributed by atoms with Crippen LogP contribution < -0.4 is 5.32 Å². The third-order valence-corrected chi connectivity index (χ3v) is 7.50. The number of hydrogen-bond acceptors (Lipinski definition) is 6. The Labute approximate surface area is 194 Å². The van der Waals surface area contributed by atoms with Gasteiger partial charge in [0.15, 0.2) is 0 Å². The number of benzene rings is 1. The molecular formula is C24H24F3N5S. The molecule has 2 aromatic heterocycles. The summed E-state index contributed by atoms with van der Waals surface area (Å²) < 4.78 is 38.3. The summed E-state index contributed by atoms with van der Waals surface area (Å²) in [5.74, 6) is 1.21. The minimum atomic E-state index is -4.23. The molecule has 0 spiro atoms. The van der Waals surface area contributed by atoms with Gasteiger partial charge in [0.05, 0.1) is 23.8 Å². The summed E-state index contributed by atoms with van der Waals surface area (Å²) in [7, 11) is 0. The molecule has 3 heterocycles. The zero-order valence-electron chi connectivity index (χ0n) is 18.0. The molecule has 5 nitrogen and oxygen atoms in total. The monoisotopic (exact) mass is 471 g/mol. The van der Waals surface area contributed by atoms with Crippen LogP contribution in [0.5, 0.6) is 0 Å². The van der Waals surface area contributed by atoms with Crippen LogP contribution in [0.1, 0.15) is 41.2 Å². The van der Waals surface area contributed by atoms with Gasteiger partial charge in [-0.2, -0.15) is 18.4 Å². The Morgan fingerprint density at radius 2 is 1.91 bits per heavy atom. The van der Waals surface area contributed by atoms with Crippen molar-refractivity contribution in [2.45, 2.75) is 50.4 Å². The van der Waals surface area contributed by atoms with Gasteiger partial charge in [0.1, 0.15) is 17.0 Å². The van der Waals surface area contributed by atoms with E-state index in [1.807, 2.05) is 0 Å². The molecule has 1 aliphatic heterocycles. The first kappa shape index (κ1) is 22.1. The van der Waals surface area contributed by atoms with Gasteiger partial charge >= 0.3 is 6.18 Å². The van der Waals surface area contributed by atoms with E-state index in [0.717, 1.165) is 50.2 Å². The molecular weight excluding hydrogens is 447 g/mol. The number of nitriles is 1. The fourth-order valence-electron chi connectivity index (χ4n) is 4.57. The summed E-state index contributed by atoms with van der Waals surface area (Å²) in [6, 6.07) is 12.8. The smallest absolute Gasteiger partial charge is 0.367 e. The molecule has 1 N–H and O–H groups in total. The van der Waals surface area contributed by atoms with Crippen molar-refractivity contribution < 1.29 is 13.2 Å².